The number of rotatable bonds is 4. The molecule has 0 atom stereocenters. The first-order valence-electron chi connectivity index (χ1n) is 5.63. The summed E-state index contributed by atoms with van der Waals surface area (Å²) < 4.78 is 10.5. The van der Waals surface area contributed by atoms with Crippen LogP contribution in [0.3, 0.4) is 0 Å². The Labute approximate surface area is 104 Å². The maximum absolute atomic E-state index is 9.91. The molecule has 6 heteroatoms. The second-order valence-corrected chi connectivity index (χ2v) is 4.03. The Balaban J connectivity index is 2.47. The third-order valence-corrected chi connectivity index (χ3v) is 2.23. The van der Waals surface area contributed by atoms with Crippen molar-refractivity contribution in [2.45, 2.75) is 26.5 Å². The maximum Gasteiger partial charge on any atom is 0.240 e. The summed E-state index contributed by atoms with van der Waals surface area (Å²) in [6.45, 7) is 3.95. The molecule has 6 nitrogen and oxygen atoms in total. The number of hydrogen-bond donors (Lipinski definition) is 2. The number of ether oxygens (including phenoxy) is 1. The quantitative estimate of drug-likeness (QED) is 0.856. The highest BCUT2D eigenvalue weighted by atomic mass is 16.5. The second kappa shape index (κ2) is 5.05. The summed E-state index contributed by atoms with van der Waals surface area (Å²) in [7, 11) is 0. The topological polar surface area (TPSA) is 94.4 Å². The van der Waals surface area contributed by atoms with Gasteiger partial charge in [0.1, 0.15) is 17.1 Å². The number of hydrogen-bond acceptors (Lipinski definition) is 6. The number of aromatic nitrogens is 2. The van der Waals surface area contributed by atoms with Crippen molar-refractivity contribution < 1.29 is 14.4 Å². The van der Waals surface area contributed by atoms with Gasteiger partial charge in [-0.25, -0.2) is 0 Å². The van der Waals surface area contributed by atoms with E-state index in [1.165, 1.54) is 0 Å². The van der Waals surface area contributed by atoms with E-state index >= 15 is 0 Å². The molecule has 0 spiro atoms. The number of nitrogens with zero attached hydrogens (tertiary/aromatic N) is 2. The van der Waals surface area contributed by atoms with Crippen molar-refractivity contribution in [2.24, 2.45) is 5.73 Å². The van der Waals surface area contributed by atoms with Crippen LogP contribution >= 0.6 is 0 Å². The first-order chi connectivity index (χ1) is 8.61. The number of nitrogens with two attached hydrogens (primary N) is 1. The molecule has 0 aliphatic carbocycles. The van der Waals surface area contributed by atoms with Gasteiger partial charge in [0.2, 0.25) is 11.7 Å². The van der Waals surface area contributed by atoms with Crippen LogP contribution in [0.5, 0.6) is 11.5 Å². The zero-order chi connectivity index (χ0) is 13.1. The average Bonchev–Trinajstić information content (AvgIpc) is 2.76. The van der Waals surface area contributed by atoms with E-state index in [2.05, 4.69) is 10.1 Å². The first-order valence-corrected chi connectivity index (χ1v) is 5.63. The summed E-state index contributed by atoms with van der Waals surface area (Å²) in [6, 6.07) is 4.98. The molecular weight excluding hydrogens is 234 g/mol. The number of phenols is 1. The third-order valence-electron chi connectivity index (χ3n) is 2.23. The Kier molecular flexibility index (Phi) is 3.47. The van der Waals surface area contributed by atoms with Crippen molar-refractivity contribution in [1.29, 1.82) is 0 Å². The maximum atomic E-state index is 9.91. The summed E-state index contributed by atoms with van der Waals surface area (Å²) in [5, 5.41) is 13.7. The molecule has 0 unspecified atom stereocenters. The summed E-state index contributed by atoms with van der Waals surface area (Å²) >= 11 is 0. The van der Waals surface area contributed by atoms with E-state index in [9.17, 15) is 5.11 Å². The zero-order valence-electron chi connectivity index (χ0n) is 10.3. The molecule has 0 saturated heterocycles. The van der Waals surface area contributed by atoms with Crippen LogP contribution in [0.15, 0.2) is 22.7 Å². The van der Waals surface area contributed by atoms with Crippen LogP contribution in [0.4, 0.5) is 0 Å². The lowest BCUT2D eigenvalue weighted by Crippen LogP contribution is -2.06. The van der Waals surface area contributed by atoms with Gasteiger partial charge >= 0.3 is 0 Å². The van der Waals surface area contributed by atoms with Crippen molar-refractivity contribution in [1.82, 2.24) is 10.1 Å². The van der Waals surface area contributed by atoms with Crippen LogP contribution in [0.1, 0.15) is 19.7 Å². The molecule has 0 amide bonds. The monoisotopic (exact) mass is 249 g/mol. The summed E-state index contributed by atoms with van der Waals surface area (Å²) in [5.41, 5.74) is 5.82. The molecule has 0 radical (unpaired) electrons. The molecule has 0 bridgehead atoms. The van der Waals surface area contributed by atoms with E-state index in [-0.39, 0.29) is 24.2 Å². The number of phenolic OH excluding ortho intramolecular Hbond substituents is 1. The molecule has 96 valence electrons. The molecular formula is C12H15N3O3. The largest absolute Gasteiger partial charge is 0.507 e. The highest BCUT2D eigenvalue weighted by molar-refractivity contribution is 5.71. The Bertz CT molecular complexity index is 537. The van der Waals surface area contributed by atoms with Gasteiger partial charge in [0.05, 0.1) is 12.6 Å². The molecule has 0 saturated carbocycles. The predicted octanol–water partition coefficient (Wildman–Crippen LogP) is 1.69. The van der Waals surface area contributed by atoms with E-state index in [0.29, 0.717) is 17.2 Å². The molecule has 2 aromatic rings. The fourth-order valence-corrected chi connectivity index (χ4v) is 1.54. The normalized spacial score (nSPS) is 10.9. The Morgan fingerprint density at radius 1 is 1.44 bits per heavy atom. The lowest BCUT2D eigenvalue weighted by Gasteiger charge is -2.13. The van der Waals surface area contributed by atoms with E-state index < -0.39 is 0 Å². The summed E-state index contributed by atoms with van der Waals surface area (Å²) in [6.07, 6.45) is -0.0218. The fraction of sp³-hybridized carbons (Fsp3) is 0.333. The van der Waals surface area contributed by atoms with E-state index in [4.69, 9.17) is 15.0 Å². The second-order valence-electron chi connectivity index (χ2n) is 4.03. The smallest absolute Gasteiger partial charge is 0.240 e. The van der Waals surface area contributed by atoms with Gasteiger partial charge in [-0.05, 0) is 26.0 Å². The van der Waals surface area contributed by atoms with Crippen LogP contribution in [0, 0.1) is 0 Å². The molecule has 0 fully saturated rings. The predicted molar refractivity (Wildman–Crippen MR) is 65.1 cm³/mol. The van der Waals surface area contributed by atoms with Crippen molar-refractivity contribution in [3.63, 3.8) is 0 Å². The van der Waals surface area contributed by atoms with Crippen molar-refractivity contribution >= 4 is 0 Å². The Morgan fingerprint density at radius 3 is 2.83 bits per heavy atom. The molecule has 1 aromatic carbocycles. The van der Waals surface area contributed by atoms with Gasteiger partial charge in [0.15, 0.2) is 0 Å². The lowest BCUT2D eigenvalue weighted by atomic mass is 10.1. The zero-order valence-corrected chi connectivity index (χ0v) is 10.3. The summed E-state index contributed by atoms with van der Waals surface area (Å²) in [5.74, 6) is 1.12. The molecule has 1 heterocycles. The molecule has 2 rings (SSSR count). The van der Waals surface area contributed by atoms with Gasteiger partial charge in [0.25, 0.3) is 0 Å². The van der Waals surface area contributed by atoms with Gasteiger partial charge in [-0.15, -0.1) is 0 Å². The van der Waals surface area contributed by atoms with Crippen molar-refractivity contribution in [2.75, 3.05) is 0 Å². The van der Waals surface area contributed by atoms with Gasteiger partial charge in [-0.3, -0.25) is 0 Å². The SMILES string of the molecule is CC(C)Oc1cccc(O)c1-c1noc(CN)n1. The van der Waals surface area contributed by atoms with E-state index in [1.807, 2.05) is 13.8 Å². The van der Waals surface area contributed by atoms with Gasteiger partial charge < -0.3 is 20.1 Å². The number of aromatic hydroxyl groups is 1. The molecule has 0 aliphatic heterocycles. The fourth-order valence-electron chi connectivity index (χ4n) is 1.54. The van der Waals surface area contributed by atoms with Crippen LogP contribution in [0.25, 0.3) is 11.4 Å². The highest BCUT2D eigenvalue weighted by Crippen LogP contribution is 2.36. The minimum absolute atomic E-state index is 0.0218. The third kappa shape index (κ3) is 2.43. The minimum atomic E-state index is -0.0218. The molecule has 18 heavy (non-hydrogen) atoms. The first kappa shape index (κ1) is 12.4. The standard InChI is InChI=1S/C12H15N3O3/c1-7(2)17-9-5-3-4-8(16)11(9)12-14-10(6-13)18-15-12/h3-5,7,16H,6,13H2,1-2H3. The average molecular weight is 249 g/mol. The van der Waals surface area contributed by atoms with Crippen molar-refractivity contribution in [3.8, 4) is 22.9 Å². The van der Waals surface area contributed by atoms with Gasteiger partial charge in [-0.1, -0.05) is 11.2 Å². The Morgan fingerprint density at radius 2 is 2.22 bits per heavy atom. The lowest BCUT2D eigenvalue weighted by molar-refractivity contribution is 0.242. The van der Waals surface area contributed by atoms with Crippen LogP contribution in [-0.2, 0) is 6.54 Å². The van der Waals surface area contributed by atoms with Crippen LogP contribution < -0.4 is 10.5 Å². The highest BCUT2D eigenvalue weighted by Gasteiger charge is 2.18. The van der Waals surface area contributed by atoms with Gasteiger partial charge in [-0.2, -0.15) is 4.98 Å². The number of benzene rings is 1. The molecule has 1 aromatic heterocycles. The van der Waals surface area contributed by atoms with E-state index in [1.54, 1.807) is 18.2 Å². The summed E-state index contributed by atoms with van der Waals surface area (Å²) in [4.78, 5) is 4.08. The van der Waals surface area contributed by atoms with Crippen molar-refractivity contribution in [3.05, 3.63) is 24.1 Å². The minimum Gasteiger partial charge on any atom is -0.507 e. The van der Waals surface area contributed by atoms with Crippen LogP contribution in [0.2, 0.25) is 0 Å². The van der Waals surface area contributed by atoms with Gasteiger partial charge in [0, 0.05) is 0 Å². The molecule has 0 aliphatic rings. The Hall–Kier alpha value is -2.08. The molecule has 3 N–H and O–H groups in total. The van der Waals surface area contributed by atoms with Crippen LogP contribution in [-0.4, -0.2) is 21.4 Å². The van der Waals surface area contributed by atoms with E-state index in [0.717, 1.165) is 0 Å².